The van der Waals surface area contributed by atoms with Crippen LogP contribution in [0.5, 0.6) is 0 Å². The number of carbonyl (C=O) groups excluding carboxylic acids is 1. The highest BCUT2D eigenvalue weighted by Crippen LogP contribution is 2.19. The van der Waals surface area contributed by atoms with Crippen molar-refractivity contribution >= 4 is 22.4 Å². The number of hydrogen-bond donors (Lipinski definition) is 2. The molecular formula is C17H22N4O2S. The highest BCUT2D eigenvalue weighted by atomic mass is 32.1. The van der Waals surface area contributed by atoms with Gasteiger partial charge in [0.05, 0.1) is 18.9 Å². The maximum Gasteiger partial charge on any atom is 0.247 e. The lowest BCUT2D eigenvalue weighted by Crippen LogP contribution is -2.35. The summed E-state index contributed by atoms with van der Waals surface area (Å²) in [5.41, 5.74) is 8.93. The van der Waals surface area contributed by atoms with Crippen LogP contribution in [0.1, 0.15) is 22.9 Å². The maximum absolute atomic E-state index is 12.3. The first-order valence-electron chi connectivity index (χ1n) is 7.99. The molecule has 3 N–H and O–H groups in total. The predicted octanol–water partition coefficient (Wildman–Crippen LogP) is 1.92. The van der Waals surface area contributed by atoms with Crippen molar-refractivity contribution in [3.05, 3.63) is 46.5 Å². The Kier molecular flexibility index (Phi) is 5.57. The van der Waals surface area contributed by atoms with Crippen molar-refractivity contribution in [2.24, 2.45) is 5.73 Å². The summed E-state index contributed by atoms with van der Waals surface area (Å²) in [5.74, 6) is -0.244. The van der Waals surface area contributed by atoms with Gasteiger partial charge in [0, 0.05) is 25.0 Å². The van der Waals surface area contributed by atoms with Crippen molar-refractivity contribution in [3.63, 3.8) is 0 Å². The Morgan fingerprint density at radius 3 is 2.79 bits per heavy atom. The van der Waals surface area contributed by atoms with Crippen molar-refractivity contribution < 1.29 is 9.53 Å². The minimum atomic E-state index is -0.697. The van der Waals surface area contributed by atoms with Gasteiger partial charge in [0.25, 0.3) is 0 Å². The van der Waals surface area contributed by atoms with Gasteiger partial charge in [0.1, 0.15) is 6.04 Å². The number of thiazole rings is 1. The molecule has 128 valence electrons. The van der Waals surface area contributed by atoms with Gasteiger partial charge in [-0.05, 0) is 12.5 Å². The third kappa shape index (κ3) is 4.39. The molecule has 1 aromatic heterocycles. The molecule has 1 aromatic carbocycles. The van der Waals surface area contributed by atoms with Crippen LogP contribution in [0, 0.1) is 6.92 Å². The quantitative estimate of drug-likeness (QED) is 0.865. The molecule has 1 fully saturated rings. The SMILES string of the molecule is Cc1ccc(C(N)C(=O)Nc2nc(CN3CCOCC3)cs2)cc1. The van der Waals surface area contributed by atoms with Crippen molar-refractivity contribution in [2.45, 2.75) is 19.5 Å². The first-order chi connectivity index (χ1) is 11.6. The number of rotatable bonds is 5. The van der Waals surface area contributed by atoms with E-state index < -0.39 is 6.04 Å². The summed E-state index contributed by atoms with van der Waals surface area (Å²) < 4.78 is 5.34. The molecule has 1 amide bonds. The van der Waals surface area contributed by atoms with Crippen LogP contribution in [-0.4, -0.2) is 42.1 Å². The lowest BCUT2D eigenvalue weighted by Gasteiger charge is -2.25. The minimum Gasteiger partial charge on any atom is -0.379 e. The van der Waals surface area contributed by atoms with Crippen LogP contribution >= 0.6 is 11.3 Å². The molecule has 0 saturated carbocycles. The number of hydrogen-bond acceptors (Lipinski definition) is 6. The Morgan fingerprint density at radius 1 is 1.38 bits per heavy atom. The topological polar surface area (TPSA) is 80.5 Å². The molecule has 7 heteroatoms. The number of aromatic nitrogens is 1. The number of amides is 1. The summed E-state index contributed by atoms with van der Waals surface area (Å²) in [5, 5.41) is 5.38. The van der Waals surface area contributed by atoms with Gasteiger partial charge in [-0.25, -0.2) is 4.98 Å². The number of carbonyl (C=O) groups is 1. The molecule has 1 saturated heterocycles. The van der Waals surface area contributed by atoms with Gasteiger partial charge in [-0.3, -0.25) is 9.69 Å². The molecule has 0 spiro atoms. The van der Waals surface area contributed by atoms with Crippen LogP contribution in [0.2, 0.25) is 0 Å². The summed E-state index contributed by atoms with van der Waals surface area (Å²) in [6.07, 6.45) is 0. The zero-order chi connectivity index (χ0) is 16.9. The molecule has 1 unspecified atom stereocenters. The molecule has 2 heterocycles. The van der Waals surface area contributed by atoms with E-state index in [1.54, 1.807) is 0 Å². The van der Waals surface area contributed by atoms with Crippen LogP contribution in [0.4, 0.5) is 5.13 Å². The number of anilines is 1. The Morgan fingerprint density at radius 2 is 2.08 bits per heavy atom. The van der Waals surface area contributed by atoms with E-state index in [-0.39, 0.29) is 5.91 Å². The van der Waals surface area contributed by atoms with Gasteiger partial charge in [0.2, 0.25) is 5.91 Å². The molecule has 1 atom stereocenters. The Balaban J connectivity index is 1.57. The third-order valence-electron chi connectivity index (χ3n) is 3.99. The van der Waals surface area contributed by atoms with Crippen LogP contribution < -0.4 is 11.1 Å². The van der Waals surface area contributed by atoms with Crippen molar-refractivity contribution in [2.75, 3.05) is 31.6 Å². The Hall–Kier alpha value is -1.80. The summed E-state index contributed by atoms with van der Waals surface area (Å²) >= 11 is 1.42. The molecule has 0 bridgehead atoms. The largest absolute Gasteiger partial charge is 0.379 e. The molecule has 1 aliphatic heterocycles. The van der Waals surface area contributed by atoms with Gasteiger partial charge in [0.15, 0.2) is 5.13 Å². The van der Waals surface area contributed by atoms with E-state index in [9.17, 15) is 4.79 Å². The van der Waals surface area contributed by atoms with E-state index in [4.69, 9.17) is 10.5 Å². The number of nitrogens with two attached hydrogens (primary N) is 1. The third-order valence-corrected chi connectivity index (χ3v) is 4.80. The van der Waals surface area contributed by atoms with Gasteiger partial charge in [-0.2, -0.15) is 0 Å². The zero-order valence-electron chi connectivity index (χ0n) is 13.7. The van der Waals surface area contributed by atoms with E-state index in [0.717, 1.165) is 49.7 Å². The fourth-order valence-corrected chi connectivity index (χ4v) is 3.24. The van der Waals surface area contributed by atoms with Crippen LogP contribution in [0.3, 0.4) is 0 Å². The summed E-state index contributed by atoms with van der Waals surface area (Å²) in [6.45, 7) is 6.13. The standard InChI is InChI=1S/C17H22N4O2S/c1-12-2-4-13(5-3-12)15(18)16(22)20-17-19-14(11-24-17)10-21-6-8-23-9-7-21/h2-5,11,15H,6-10,18H2,1H3,(H,19,20,22). The number of nitrogens with zero attached hydrogens (tertiary/aromatic N) is 2. The molecule has 24 heavy (non-hydrogen) atoms. The van der Waals surface area contributed by atoms with Crippen LogP contribution in [-0.2, 0) is 16.1 Å². The van der Waals surface area contributed by atoms with E-state index >= 15 is 0 Å². The average molecular weight is 346 g/mol. The van der Waals surface area contributed by atoms with E-state index in [1.165, 1.54) is 11.3 Å². The maximum atomic E-state index is 12.3. The van der Waals surface area contributed by atoms with Crippen LogP contribution in [0.15, 0.2) is 29.6 Å². The van der Waals surface area contributed by atoms with E-state index in [2.05, 4.69) is 15.2 Å². The van der Waals surface area contributed by atoms with Gasteiger partial charge in [-0.1, -0.05) is 29.8 Å². The first-order valence-corrected chi connectivity index (χ1v) is 8.87. The highest BCUT2D eigenvalue weighted by molar-refractivity contribution is 7.13. The number of benzene rings is 1. The minimum absolute atomic E-state index is 0.244. The molecular weight excluding hydrogens is 324 g/mol. The fourth-order valence-electron chi connectivity index (χ4n) is 2.53. The number of morpholine rings is 1. The zero-order valence-corrected chi connectivity index (χ0v) is 14.5. The second-order valence-corrected chi connectivity index (χ2v) is 6.77. The average Bonchev–Trinajstić information content (AvgIpc) is 3.02. The lowest BCUT2D eigenvalue weighted by atomic mass is 10.1. The molecule has 6 nitrogen and oxygen atoms in total. The molecule has 0 aliphatic carbocycles. The predicted molar refractivity (Wildman–Crippen MR) is 94.9 cm³/mol. The van der Waals surface area contributed by atoms with E-state index in [1.807, 2.05) is 36.6 Å². The second kappa shape index (κ2) is 7.85. The van der Waals surface area contributed by atoms with Crippen molar-refractivity contribution in [1.82, 2.24) is 9.88 Å². The van der Waals surface area contributed by atoms with Gasteiger partial charge in [-0.15, -0.1) is 11.3 Å². The van der Waals surface area contributed by atoms with Crippen molar-refractivity contribution in [1.29, 1.82) is 0 Å². The second-order valence-electron chi connectivity index (χ2n) is 5.91. The van der Waals surface area contributed by atoms with Gasteiger partial charge < -0.3 is 15.8 Å². The molecule has 2 aromatic rings. The van der Waals surface area contributed by atoms with Gasteiger partial charge >= 0.3 is 0 Å². The van der Waals surface area contributed by atoms with Crippen molar-refractivity contribution in [3.8, 4) is 0 Å². The lowest BCUT2D eigenvalue weighted by molar-refractivity contribution is -0.117. The smallest absolute Gasteiger partial charge is 0.247 e. The number of nitrogens with one attached hydrogen (secondary N) is 1. The Labute approximate surface area is 145 Å². The molecule has 3 rings (SSSR count). The highest BCUT2D eigenvalue weighted by Gasteiger charge is 2.18. The number of ether oxygens (including phenoxy) is 1. The summed E-state index contributed by atoms with van der Waals surface area (Å²) in [6, 6.07) is 6.96. The summed E-state index contributed by atoms with van der Waals surface area (Å²) in [7, 11) is 0. The normalized spacial score (nSPS) is 16.8. The molecule has 0 radical (unpaired) electrons. The number of aryl methyl sites for hydroxylation is 1. The fraction of sp³-hybridized carbons (Fsp3) is 0.412. The molecule has 1 aliphatic rings. The summed E-state index contributed by atoms with van der Waals surface area (Å²) in [4.78, 5) is 19.1. The van der Waals surface area contributed by atoms with Crippen LogP contribution in [0.25, 0.3) is 0 Å². The monoisotopic (exact) mass is 346 g/mol. The first kappa shape index (κ1) is 17.0. The Bertz CT molecular complexity index is 680. The van der Waals surface area contributed by atoms with E-state index in [0.29, 0.717) is 5.13 Å².